The molecule has 0 bridgehead atoms. The van der Waals surface area contributed by atoms with Crippen molar-refractivity contribution in [2.45, 2.75) is 32.9 Å². The summed E-state index contributed by atoms with van der Waals surface area (Å²) in [5.74, 6) is 0.600. The topological polar surface area (TPSA) is 50.3 Å². The number of nitrogens with two attached hydrogens (primary N) is 1. The van der Waals surface area contributed by atoms with E-state index in [0.717, 1.165) is 32.6 Å². The molecule has 1 atom stereocenters. The highest BCUT2D eigenvalue weighted by Crippen LogP contribution is 2.03. The molecular weight excluding hydrogens is 226 g/mol. The molecule has 1 unspecified atom stereocenters. The van der Waals surface area contributed by atoms with Crippen LogP contribution < -0.4 is 5.73 Å². The number of aromatic nitrogens is 2. The maximum absolute atomic E-state index is 5.59. The number of nitrogen functional groups attached to an aromatic ring is 1. The number of hydrogen-bond acceptors (Lipinski definition) is 4. The Morgan fingerprint density at radius 2 is 2.17 bits per heavy atom. The van der Waals surface area contributed by atoms with Gasteiger partial charge in [0.1, 0.15) is 5.82 Å². The van der Waals surface area contributed by atoms with Gasteiger partial charge in [-0.2, -0.15) is 5.10 Å². The lowest BCUT2D eigenvalue weighted by Gasteiger charge is -2.29. The van der Waals surface area contributed by atoms with Crippen LogP contribution in [0.3, 0.4) is 0 Å². The predicted octanol–water partition coefficient (Wildman–Crippen LogP) is 1.13. The minimum Gasteiger partial charge on any atom is -0.382 e. The van der Waals surface area contributed by atoms with Crippen molar-refractivity contribution >= 4 is 5.82 Å². The van der Waals surface area contributed by atoms with Gasteiger partial charge < -0.3 is 10.6 Å². The quantitative estimate of drug-likeness (QED) is 0.754. The third kappa shape index (κ3) is 5.06. The number of aryl methyl sites for hydroxylation is 1. The highest BCUT2D eigenvalue weighted by Gasteiger charge is 2.12. The van der Waals surface area contributed by atoms with Gasteiger partial charge in [0.15, 0.2) is 0 Å². The van der Waals surface area contributed by atoms with Crippen LogP contribution in [0.25, 0.3) is 0 Å². The molecule has 2 N–H and O–H groups in total. The Kier molecular flexibility index (Phi) is 6.15. The normalized spacial score (nSPS) is 13.4. The molecule has 1 rings (SSSR count). The molecule has 18 heavy (non-hydrogen) atoms. The standard InChI is InChI=1S/C13H27N5/c1-5-17(12(2)11-16(3)4)8-6-9-18-10-7-13(14)15-18/h7,10,12H,5-6,8-9,11H2,1-4H3,(H2,14,15). The molecule has 0 radical (unpaired) electrons. The molecule has 0 fully saturated rings. The number of rotatable bonds is 8. The van der Waals surface area contributed by atoms with Gasteiger partial charge in [-0.3, -0.25) is 9.58 Å². The summed E-state index contributed by atoms with van der Waals surface area (Å²) in [5, 5.41) is 4.19. The number of hydrogen-bond donors (Lipinski definition) is 1. The molecule has 1 aromatic rings. The molecule has 0 spiro atoms. The summed E-state index contributed by atoms with van der Waals surface area (Å²) >= 11 is 0. The zero-order valence-electron chi connectivity index (χ0n) is 12.1. The first kappa shape index (κ1) is 15.0. The molecule has 0 aliphatic heterocycles. The van der Waals surface area contributed by atoms with E-state index in [1.165, 1.54) is 0 Å². The molecule has 104 valence electrons. The lowest BCUT2D eigenvalue weighted by Crippen LogP contribution is -2.40. The maximum Gasteiger partial charge on any atom is 0.145 e. The van der Waals surface area contributed by atoms with Crippen LogP contribution in [-0.4, -0.2) is 59.4 Å². The molecule has 0 amide bonds. The SMILES string of the molecule is CCN(CCCn1ccc(N)n1)C(C)CN(C)C. The lowest BCUT2D eigenvalue weighted by molar-refractivity contribution is 0.177. The molecular formula is C13H27N5. The van der Waals surface area contributed by atoms with Crippen LogP contribution in [0.5, 0.6) is 0 Å². The fourth-order valence-corrected chi connectivity index (χ4v) is 2.27. The van der Waals surface area contributed by atoms with E-state index in [4.69, 9.17) is 5.73 Å². The molecule has 5 nitrogen and oxygen atoms in total. The Morgan fingerprint density at radius 1 is 1.44 bits per heavy atom. The van der Waals surface area contributed by atoms with Crippen LogP contribution in [-0.2, 0) is 6.54 Å². The van der Waals surface area contributed by atoms with Crippen LogP contribution in [0.15, 0.2) is 12.3 Å². The van der Waals surface area contributed by atoms with Gasteiger partial charge in [-0.25, -0.2) is 0 Å². The summed E-state index contributed by atoms with van der Waals surface area (Å²) in [6, 6.07) is 2.43. The molecule has 0 aromatic carbocycles. The first-order valence-corrected chi connectivity index (χ1v) is 6.70. The van der Waals surface area contributed by atoms with E-state index in [0.29, 0.717) is 11.9 Å². The Hall–Kier alpha value is -1.07. The average Bonchev–Trinajstić information content (AvgIpc) is 2.69. The Labute approximate surface area is 111 Å². The van der Waals surface area contributed by atoms with Crippen molar-refractivity contribution in [2.75, 3.05) is 39.5 Å². The van der Waals surface area contributed by atoms with E-state index in [2.05, 4.69) is 42.8 Å². The van der Waals surface area contributed by atoms with Gasteiger partial charge >= 0.3 is 0 Å². The van der Waals surface area contributed by atoms with Crippen molar-refractivity contribution in [3.05, 3.63) is 12.3 Å². The van der Waals surface area contributed by atoms with Crippen LogP contribution >= 0.6 is 0 Å². The van der Waals surface area contributed by atoms with Gasteiger partial charge in [-0.15, -0.1) is 0 Å². The minimum absolute atomic E-state index is 0.590. The van der Waals surface area contributed by atoms with E-state index in [1.54, 1.807) is 0 Å². The van der Waals surface area contributed by atoms with Crippen molar-refractivity contribution in [3.8, 4) is 0 Å². The highest BCUT2D eigenvalue weighted by molar-refractivity contribution is 5.23. The fourth-order valence-electron chi connectivity index (χ4n) is 2.27. The summed E-state index contributed by atoms with van der Waals surface area (Å²) in [6.07, 6.45) is 3.04. The van der Waals surface area contributed by atoms with Crippen LogP contribution in [0.2, 0.25) is 0 Å². The van der Waals surface area contributed by atoms with Gasteiger partial charge in [-0.1, -0.05) is 6.92 Å². The van der Waals surface area contributed by atoms with E-state index in [1.807, 2.05) is 16.9 Å². The van der Waals surface area contributed by atoms with E-state index in [9.17, 15) is 0 Å². The molecule has 0 saturated heterocycles. The number of anilines is 1. The lowest BCUT2D eigenvalue weighted by atomic mass is 10.2. The summed E-state index contributed by atoms with van der Waals surface area (Å²) in [6.45, 7) is 8.74. The van der Waals surface area contributed by atoms with Gasteiger partial charge in [-0.05, 0) is 40.1 Å². The van der Waals surface area contributed by atoms with Gasteiger partial charge in [0.25, 0.3) is 0 Å². The number of likely N-dealkylation sites (N-methyl/N-ethyl adjacent to an activating group) is 2. The third-order valence-corrected chi connectivity index (χ3v) is 3.15. The van der Waals surface area contributed by atoms with Crippen LogP contribution in [0.4, 0.5) is 5.82 Å². The average molecular weight is 253 g/mol. The van der Waals surface area contributed by atoms with Gasteiger partial charge in [0, 0.05) is 31.9 Å². The third-order valence-electron chi connectivity index (χ3n) is 3.15. The molecule has 5 heteroatoms. The molecule has 1 heterocycles. The Morgan fingerprint density at radius 3 is 2.67 bits per heavy atom. The van der Waals surface area contributed by atoms with Crippen molar-refractivity contribution in [1.29, 1.82) is 0 Å². The van der Waals surface area contributed by atoms with Gasteiger partial charge in [0.2, 0.25) is 0 Å². The van der Waals surface area contributed by atoms with E-state index in [-0.39, 0.29) is 0 Å². The van der Waals surface area contributed by atoms with Crippen molar-refractivity contribution in [2.24, 2.45) is 0 Å². The fraction of sp³-hybridized carbons (Fsp3) is 0.769. The molecule has 0 saturated carbocycles. The van der Waals surface area contributed by atoms with Crippen molar-refractivity contribution in [3.63, 3.8) is 0 Å². The van der Waals surface area contributed by atoms with Crippen molar-refractivity contribution in [1.82, 2.24) is 19.6 Å². The second-order valence-corrected chi connectivity index (χ2v) is 5.10. The maximum atomic E-state index is 5.59. The first-order valence-electron chi connectivity index (χ1n) is 6.70. The summed E-state index contributed by atoms with van der Waals surface area (Å²) in [7, 11) is 4.24. The molecule has 1 aromatic heterocycles. The second kappa shape index (κ2) is 7.38. The zero-order chi connectivity index (χ0) is 13.5. The predicted molar refractivity (Wildman–Crippen MR) is 76.5 cm³/mol. The zero-order valence-corrected chi connectivity index (χ0v) is 12.1. The second-order valence-electron chi connectivity index (χ2n) is 5.10. The monoisotopic (exact) mass is 253 g/mol. The summed E-state index contributed by atoms with van der Waals surface area (Å²) in [4.78, 5) is 4.74. The largest absolute Gasteiger partial charge is 0.382 e. The van der Waals surface area contributed by atoms with Crippen LogP contribution in [0.1, 0.15) is 20.3 Å². The Balaban J connectivity index is 2.30. The van der Waals surface area contributed by atoms with Gasteiger partial charge in [0.05, 0.1) is 0 Å². The summed E-state index contributed by atoms with van der Waals surface area (Å²) < 4.78 is 1.92. The summed E-state index contributed by atoms with van der Waals surface area (Å²) in [5.41, 5.74) is 5.59. The van der Waals surface area contributed by atoms with Crippen molar-refractivity contribution < 1.29 is 0 Å². The number of nitrogens with zero attached hydrogens (tertiary/aromatic N) is 4. The highest BCUT2D eigenvalue weighted by atomic mass is 15.3. The van der Waals surface area contributed by atoms with E-state index < -0.39 is 0 Å². The minimum atomic E-state index is 0.590. The molecule has 0 aliphatic rings. The smallest absolute Gasteiger partial charge is 0.145 e. The first-order chi connectivity index (χ1) is 8.52. The Bertz CT molecular complexity index is 334. The van der Waals surface area contributed by atoms with Crippen LogP contribution in [0, 0.1) is 0 Å². The molecule has 0 aliphatic carbocycles. The van der Waals surface area contributed by atoms with E-state index >= 15 is 0 Å².